The van der Waals surface area contributed by atoms with Crippen molar-refractivity contribution in [3.63, 3.8) is 0 Å². The number of pyridine rings is 1. The monoisotopic (exact) mass is 375 g/mol. The van der Waals surface area contributed by atoms with Gasteiger partial charge in [-0.2, -0.15) is 5.10 Å². The van der Waals surface area contributed by atoms with E-state index in [1.807, 2.05) is 0 Å². The van der Waals surface area contributed by atoms with Gasteiger partial charge in [0.05, 0.1) is 25.1 Å². The predicted octanol–water partition coefficient (Wildman–Crippen LogP) is 2.18. The van der Waals surface area contributed by atoms with Crippen LogP contribution >= 0.6 is 11.6 Å². The van der Waals surface area contributed by atoms with Gasteiger partial charge in [-0.25, -0.2) is 9.89 Å². The number of ether oxygens (including phenoxy) is 1. The summed E-state index contributed by atoms with van der Waals surface area (Å²) in [5, 5.41) is 15.9. The van der Waals surface area contributed by atoms with Crippen molar-refractivity contribution in [1.29, 1.82) is 0 Å². The highest BCUT2D eigenvalue weighted by Gasteiger charge is 2.25. The number of carbonyl (C=O) groups excluding carboxylic acids is 1. The minimum Gasteiger partial charge on any atom is -0.481 e. The van der Waals surface area contributed by atoms with Gasteiger partial charge in [-0.05, 0) is 17.7 Å². The number of carbonyl (C=O) groups is 2. The van der Waals surface area contributed by atoms with Gasteiger partial charge in [0.15, 0.2) is 0 Å². The molecule has 1 aromatic rings. The predicted molar refractivity (Wildman–Crippen MR) is 92.7 cm³/mol. The van der Waals surface area contributed by atoms with Crippen LogP contribution in [-0.2, 0) is 9.53 Å². The Hall–Kier alpha value is -3.13. The van der Waals surface area contributed by atoms with E-state index in [2.05, 4.69) is 10.2 Å². The fraction of sp³-hybridized carbons (Fsp3) is 0.176. The zero-order chi connectivity index (χ0) is 18.8. The van der Waals surface area contributed by atoms with E-state index in [1.165, 1.54) is 24.1 Å². The number of nitrogens with zero attached hydrogens (tertiary/aromatic N) is 2. The summed E-state index contributed by atoms with van der Waals surface area (Å²) in [6, 6.07) is 6.01. The van der Waals surface area contributed by atoms with Crippen LogP contribution in [0, 0.1) is 0 Å². The van der Waals surface area contributed by atoms with Crippen molar-refractivity contribution in [3.05, 3.63) is 63.2 Å². The first-order valence-corrected chi connectivity index (χ1v) is 7.94. The highest BCUT2D eigenvalue weighted by Crippen LogP contribution is 2.28. The number of rotatable bonds is 5. The summed E-state index contributed by atoms with van der Waals surface area (Å²) >= 11 is 5.90. The summed E-state index contributed by atoms with van der Waals surface area (Å²) in [6.45, 7) is 0. The summed E-state index contributed by atoms with van der Waals surface area (Å²) in [4.78, 5) is 35.5. The molecule has 1 unspecified atom stereocenters. The maximum Gasteiger partial charge on any atom is 0.341 e. The maximum atomic E-state index is 12.1. The lowest BCUT2D eigenvalue weighted by molar-refractivity contribution is -0.137. The smallest absolute Gasteiger partial charge is 0.341 e. The van der Waals surface area contributed by atoms with E-state index in [-0.39, 0.29) is 23.2 Å². The van der Waals surface area contributed by atoms with Crippen molar-refractivity contribution < 1.29 is 19.4 Å². The normalized spacial score (nSPS) is 12.1. The van der Waals surface area contributed by atoms with Crippen LogP contribution in [0.4, 0.5) is 0 Å². The molecule has 0 saturated heterocycles. The fourth-order valence-electron chi connectivity index (χ4n) is 2.74. The number of carboxylic acids is 1. The molecule has 9 heteroatoms. The van der Waals surface area contributed by atoms with Gasteiger partial charge in [0.2, 0.25) is 0 Å². The Bertz CT molecular complexity index is 992. The van der Waals surface area contributed by atoms with E-state index in [1.54, 1.807) is 24.3 Å². The van der Waals surface area contributed by atoms with Crippen molar-refractivity contribution >= 4 is 23.5 Å². The topological polar surface area (TPSA) is 114 Å². The van der Waals surface area contributed by atoms with E-state index in [9.17, 15) is 19.5 Å². The molecule has 26 heavy (non-hydrogen) atoms. The van der Waals surface area contributed by atoms with E-state index < -0.39 is 23.5 Å². The average Bonchev–Trinajstić information content (AvgIpc) is 3.00. The molecule has 2 N–H and O–H groups in total. The molecule has 0 amide bonds. The summed E-state index contributed by atoms with van der Waals surface area (Å²) in [7, 11) is 1.21. The molecule has 0 radical (unpaired) electrons. The molecule has 0 aromatic heterocycles. The summed E-state index contributed by atoms with van der Waals surface area (Å²) in [5.41, 5.74) is 0.575. The van der Waals surface area contributed by atoms with Crippen LogP contribution < -0.4 is 5.56 Å². The highest BCUT2D eigenvalue weighted by molar-refractivity contribution is 6.30. The molecule has 2 aliphatic heterocycles. The second kappa shape index (κ2) is 7.01. The minimum atomic E-state index is -1.04. The summed E-state index contributed by atoms with van der Waals surface area (Å²) in [5.74, 6) is -1.72. The van der Waals surface area contributed by atoms with Gasteiger partial charge in [-0.3, -0.25) is 9.59 Å². The summed E-state index contributed by atoms with van der Waals surface area (Å²) < 4.78 is 6.25. The average molecular weight is 376 g/mol. The SMILES string of the molecule is COC(=O)c1cn(C(CC(=O)O)c2ccc(Cl)cc2)cc2c(=O)[nH]nc1-2. The molecular weight excluding hydrogens is 362 g/mol. The van der Waals surface area contributed by atoms with Gasteiger partial charge < -0.3 is 14.4 Å². The van der Waals surface area contributed by atoms with Crippen LogP contribution in [0.25, 0.3) is 11.3 Å². The zero-order valence-electron chi connectivity index (χ0n) is 13.6. The van der Waals surface area contributed by atoms with Crippen LogP contribution in [0.3, 0.4) is 0 Å². The second-order valence-corrected chi connectivity index (χ2v) is 6.03. The van der Waals surface area contributed by atoms with Crippen molar-refractivity contribution in [2.45, 2.75) is 12.5 Å². The molecule has 0 spiro atoms. The van der Waals surface area contributed by atoms with Gasteiger partial charge in [-0.15, -0.1) is 0 Å². The Morgan fingerprint density at radius 3 is 2.62 bits per heavy atom. The Labute approximate surface area is 152 Å². The van der Waals surface area contributed by atoms with Crippen LogP contribution in [0.1, 0.15) is 28.4 Å². The standard InChI is InChI=1S/C17H14ClN3O5/c1-26-17(25)12-8-21(7-11-15(12)19-20-16(11)24)13(6-14(22)23)9-2-4-10(18)5-3-9/h2-5,7-8,13H,6H2,1H3,(H,20,24)(H,22,23). The number of H-pyrrole nitrogens is 1. The number of hydrogen-bond acceptors (Lipinski definition) is 5. The fourth-order valence-corrected chi connectivity index (χ4v) is 2.87. The quantitative estimate of drug-likeness (QED) is 0.660. The molecule has 1 atom stereocenters. The molecule has 1 aromatic carbocycles. The van der Waals surface area contributed by atoms with E-state index in [0.29, 0.717) is 10.6 Å². The van der Waals surface area contributed by atoms with Gasteiger partial charge in [0.1, 0.15) is 11.3 Å². The molecule has 8 nitrogen and oxygen atoms in total. The first kappa shape index (κ1) is 17.7. The first-order valence-electron chi connectivity index (χ1n) is 7.56. The van der Waals surface area contributed by atoms with E-state index in [4.69, 9.17) is 16.3 Å². The number of nitrogens with one attached hydrogen (secondary N) is 1. The Kier molecular flexibility index (Phi) is 4.77. The van der Waals surface area contributed by atoms with Gasteiger partial charge in [0.25, 0.3) is 5.56 Å². The van der Waals surface area contributed by atoms with Gasteiger partial charge in [-0.1, -0.05) is 23.7 Å². The number of aromatic amines is 1. The molecule has 2 aliphatic rings. The molecule has 0 aliphatic carbocycles. The molecule has 0 bridgehead atoms. The first-order chi connectivity index (χ1) is 12.4. The van der Waals surface area contributed by atoms with Crippen molar-refractivity contribution in [2.75, 3.05) is 7.11 Å². The number of esters is 1. The summed E-state index contributed by atoms with van der Waals surface area (Å²) in [6.07, 6.45) is 2.64. The number of hydrogen-bond donors (Lipinski definition) is 2. The molecule has 2 heterocycles. The van der Waals surface area contributed by atoms with Crippen LogP contribution in [-0.4, -0.2) is 38.9 Å². The lowest BCUT2D eigenvalue weighted by atomic mass is 10.0. The number of methoxy groups -OCH3 is 1. The third-order valence-electron chi connectivity index (χ3n) is 3.97. The molecule has 3 rings (SSSR count). The largest absolute Gasteiger partial charge is 0.481 e. The van der Waals surface area contributed by atoms with Crippen molar-refractivity contribution in [2.24, 2.45) is 0 Å². The minimum absolute atomic E-state index is 0.0627. The van der Waals surface area contributed by atoms with E-state index >= 15 is 0 Å². The highest BCUT2D eigenvalue weighted by atomic mass is 35.5. The Balaban J connectivity index is 2.21. The number of carboxylic acid groups (broad SMARTS) is 1. The van der Waals surface area contributed by atoms with Crippen LogP contribution in [0.2, 0.25) is 5.02 Å². The third-order valence-corrected chi connectivity index (χ3v) is 4.22. The van der Waals surface area contributed by atoms with E-state index in [0.717, 1.165) is 0 Å². The number of halogens is 1. The van der Waals surface area contributed by atoms with Crippen LogP contribution in [0.15, 0.2) is 41.5 Å². The third kappa shape index (κ3) is 3.31. The van der Waals surface area contributed by atoms with Crippen LogP contribution in [0.5, 0.6) is 0 Å². The molecule has 0 fully saturated rings. The lowest BCUT2D eigenvalue weighted by Gasteiger charge is -2.21. The Morgan fingerprint density at radius 2 is 2.00 bits per heavy atom. The van der Waals surface area contributed by atoms with Crippen molar-refractivity contribution in [1.82, 2.24) is 14.8 Å². The molecule has 134 valence electrons. The number of aliphatic carboxylic acids is 1. The number of fused-ring (bicyclic) bond motifs is 1. The van der Waals surface area contributed by atoms with Gasteiger partial charge in [0, 0.05) is 17.4 Å². The van der Waals surface area contributed by atoms with Gasteiger partial charge >= 0.3 is 11.9 Å². The number of benzene rings is 1. The number of aromatic nitrogens is 3. The van der Waals surface area contributed by atoms with Crippen molar-refractivity contribution in [3.8, 4) is 11.3 Å². The molecule has 0 saturated carbocycles. The molecular formula is C17H14ClN3O5. The Morgan fingerprint density at radius 1 is 1.31 bits per heavy atom. The maximum absolute atomic E-state index is 12.1. The second-order valence-electron chi connectivity index (χ2n) is 5.59. The lowest BCUT2D eigenvalue weighted by Crippen LogP contribution is -2.19. The zero-order valence-corrected chi connectivity index (χ0v) is 14.4.